The normalized spacial score (nSPS) is 10.7. The van der Waals surface area contributed by atoms with Crippen molar-refractivity contribution in [2.24, 2.45) is 0 Å². The molecule has 0 saturated carbocycles. The van der Waals surface area contributed by atoms with Gasteiger partial charge in [-0.3, -0.25) is 5.32 Å². The van der Waals surface area contributed by atoms with E-state index in [1.807, 2.05) is 25.1 Å². The third kappa shape index (κ3) is 5.18. The molecule has 0 aliphatic heterocycles. The molecule has 2 aromatic rings. The van der Waals surface area contributed by atoms with Crippen LogP contribution >= 0.6 is 0 Å². The number of hydrogen-bond acceptors (Lipinski definition) is 3. The number of benzene rings is 2. The molecule has 0 aliphatic rings. The first kappa shape index (κ1) is 19.7. The molecule has 0 bridgehead atoms. The monoisotopic (exact) mass is 363 g/mol. The van der Waals surface area contributed by atoms with E-state index in [0.717, 1.165) is 12.0 Å². The first-order valence-electron chi connectivity index (χ1n) is 8.51. The lowest BCUT2D eigenvalue weighted by atomic mass is 10.1. The van der Waals surface area contributed by atoms with E-state index in [2.05, 4.69) is 12.2 Å². The van der Waals surface area contributed by atoms with Crippen LogP contribution in [0.3, 0.4) is 0 Å². The Labute approximate surface area is 152 Å². The number of ether oxygens (including phenoxy) is 2. The van der Waals surface area contributed by atoms with Gasteiger partial charge < -0.3 is 9.47 Å². The summed E-state index contributed by atoms with van der Waals surface area (Å²) in [6, 6.07) is 9.91. The van der Waals surface area contributed by atoms with Gasteiger partial charge in [-0.25, -0.2) is 13.6 Å². The zero-order chi connectivity index (χ0) is 19.1. The summed E-state index contributed by atoms with van der Waals surface area (Å²) in [5.74, 6) is 0.673. The van der Waals surface area contributed by atoms with Crippen LogP contribution in [0.5, 0.6) is 5.75 Å². The van der Waals surface area contributed by atoms with Crippen molar-refractivity contribution in [3.63, 3.8) is 0 Å². The topological polar surface area (TPSA) is 47.6 Å². The average Bonchev–Trinajstić information content (AvgIpc) is 2.61. The molecule has 0 unspecified atom stereocenters. The molecule has 0 atom stereocenters. The molecule has 0 spiro atoms. The SMILES string of the molecule is CCOC(=O)Nc1ccc(C(F)F)cc1COc1ccc(CC)cc1C. The van der Waals surface area contributed by atoms with Crippen molar-refractivity contribution < 1.29 is 23.0 Å². The maximum absolute atomic E-state index is 13.0. The number of aryl methyl sites for hydroxylation is 2. The number of alkyl halides is 2. The lowest BCUT2D eigenvalue weighted by Crippen LogP contribution is -2.15. The lowest BCUT2D eigenvalue weighted by molar-refractivity contribution is 0.151. The first-order valence-corrected chi connectivity index (χ1v) is 8.51. The number of anilines is 1. The van der Waals surface area contributed by atoms with E-state index in [4.69, 9.17) is 9.47 Å². The Morgan fingerprint density at radius 2 is 1.92 bits per heavy atom. The van der Waals surface area contributed by atoms with Crippen molar-refractivity contribution in [1.82, 2.24) is 0 Å². The third-order valence-electron chi connectivity index (χ3n) is 3.92. The maximum Gasteiger partial charge on any atom is 0.411 e. The van der Waals surface area contributed by atoms with Gasteiger partial charge in [0.2, 0.25) is 0 Å². The van der Waals surface area contributed by atoms with Crippen molar-refractivity contribution in [3.8, 4) is 5.75 Å². The average molecular weight is 363 g/mol. The van der Waals surface area contributed by atoms with Gasteiger partial charge in [0.1, 0.15) is 12.4 Å². The number of carbonyl (C=O) groups excluding carboxylic acids is 1. The van der Waals surface area contributed by atoms with Gasteiger partial charge in [-0.1, -0.05) is 25.1 Å². The minimum Gasteiger partial charge on any atom is -0.489 e. The summed E-state index contributed by atoms with van der Waals surface area (Å²) in [4.78, 5) is 11.7. The molecule has 0 fully saturated rings. The molecule has 0 saturated heterocycles. The minimum absolute atomic E-state index is 0.0502. The van der Waals surface area contributed by atoms with E-state index in [9.17, 15) is 13.6 Å². The molecular weight excluding hydrogens is 340 g/mol. The van der Waals surface area contributed by atoms with Crippen molar-refractivity contribution in [1.29, 1.82) is 0 Å². The predicted octanol–water partition coefficient (Wildman–Crippen LogP) is 5.64. The van der Waals surface area contributed by atoms with Gasteiger partial charge in [0.05, 0.1) is 12.3 Å². The van der Waals surface area contributed by atoms with Crippen LogP contribution in [0.1, 0.15) is 42.5 Å². The standard InChI is InChI=1S/C20H23F2NO3/c1-4-14-6-9-18(13(3)10-14)26-12-16-11-15(19(21)22)7-8-17(16)23-20(24)25-5-2/h6-11,19H,4-5,12H2,1-3H3,(H,23,24). The van der Waals surface area contributed by atoms with Gasteiger partial charge in [-0.2, -0.15) is 0 Å². The third-order valence-corrected chi connectivity index (χ3v) is 3.92. The lowest BCUT2D eigenvalue weighted by Gasteiger charge is -2.15. The van der Waals surface area contributed by atoms with Crippen LogP contribution in [0.4, 0.5) is 19.3 Å². The van der Waals surface area contributed by atoms with E-state index in [-0.39, 0.29) is 18.8 Å². The Hall–Kier alpha value is -2.63. The van der Waals surface area contributed by atoms with Gasteiger partial charge in [-0.15, -0.1) is 0 Å². The molecule has 1 N–H and O–H groups in total. The molecule has 6 heteroatoms. The van der Waals surface area contributed by atoms with Crippen molar-refractivity contribution in [2.45, 2.75) is 40.2 Å². The van der Waals surface area contributed by atoms with Gasteiger partial charge in [0.25, 0.3) is 6.43 Å². The summed E-state index contributed by atoms with van der Waals surface area (Å²) in [6.07, 6.45) is -2.32. The van der Waals surface area contributed by atoms with E-state index in [1.54, 1.807) is 6.92 Å². The largest absolute Gasteiger partial charge is 0.489 e. The smallest absolute Gasteiger partial charge is 0.411 e. The molecule has 0 aliphatic carbocycles. The molecule has 26 heavy (non-hydrogen) atoms. The van der Waals surface area contributed by atoms with Gasteiger partial charge in [0, 0.05) is 11.1 Å². The highest BCUT2D eigenvalue weighted by Crippen LogP contribution is 2.27. The molecular formula is C20H23F2NO3. The van der Waals surface area contributed by atoms with Crippen LogP contribution in [0.2, 0.25) is 0 Å². The van der Waals surface area contributed by atoms with Crippen LogP contribution in [0.15, 0.2) is 36.4 Å². The predicted molar refractivity (Wildman–Crippen MR) is 96.9 cm³/mol. The van der Waals surface area contributed by atoms with Crippen LogP contribution in [0, 0.1) is 6.92 Å². The van der Waals surface area contributed by atoms with Crippen molar-refractivity contribution in [3.05, 3.63) is 58.7 Å². The summed E-state index contributed by atoms with van der Waals surface area (Å²) in [5.41, 5.74) is 2.87. The summed E-state index contributed by atoms with van der Waals surface area (Å²) < 4.78 is 36.7. The van der Waals surface area contributed by atoms with Crippen molar-refractivity contribution >= 4 is 11.8 Å². The number of rotatable bonds is 7. The van der Waals surface area contributed by atoms with Crippen molar-refractivity contribution in [2.75, 3.05) is 11.9 Å². The Kier molecular flexibility index (Phi) is 6.95. The Morgan fingerprint density at radius 1 is 1.15 bits per heavy atom. The minimum atomic E-state index is -2.60. The molecule has 0 heterocycles. The first-order chi connectivity index (χ1) is 12.4. The van der Waals surface area contributed by atoms with Gasteiger partial charge in [0.15, 0.2) is 0 Å². The zero-order valence-corrected chi connectivity index (χ0v) is 15.1. The van der Waals surface area contributed by atoms with Gasteiger partial charge in [-0.05, 0) is 49.6 Å². The second kappa shape index (κ2) is 9.17. The number of halogens is 2. The number of carbonyl (C=O) groups is 1. The summed E-state index contributed by atoms with van der Waals surface area (Å²) >= 11 is 0. The second-order valence-corrected chi connectivity index (χ2v) is 5.80. The second-order valence-electron chi connectivity index (χ2n) is 5.80. The Balaban J connectivity index is 2.22. The fourth-order valence-corrected chi connectivity index (χ4v) is 2.52. The highest BCUT2D eigenvalue weighted by Gasteiger charge is 2.14. The van der Waals surface area contributed by atoms with Crippen LogP contribution < -0.4 is 10.1 Å². The molecule has 4 nitrogen and oxygen atoms in total. The highest BCUT2D eigenvalue weighted by molar-refractivity contribution is 5.85. The number of nitrogens with one attached hydrogen (secondary N) is 1. The van der Waals surface area contributed by atoms with Crippen LogP contribution in [-0.4, -0.2) is 12.7 Å². The molecule has 1 amide bonds. The zero-order valence-electron chi connectivity index (χ0n) is 15.1. The highest BCUT2D eigenvalue weighted by atomic mass is 19.3. The number of hydrogen-bond donors (Lipinski definition) is 1. The summed E-state index contributed by atoms with van der Waals surface area (Å²) in [7, 11) is 0. The van der Waals surface area contributed by atoms with E-state index in [1.165, 1.54) is 23.8 Å². The van der Waals surface area contributed by atoms with Crippen LogP contribution in [0.25, 0.3) is 0 Å². The molecule has 140 valence electrons. The Bertz CT molecular complexity index is 763. The van der Waals surface area contributed by atoms with E-state index < -0.39 is 12.5 Å². The molecule has 0 radical (unpaired) electrons. The van der Waals surface area contributed by atoms with E-state index in [0.29, 0.717) is 17.0 Å². The van der Waals surface area contributed by atoms with E-state index >= 15 is 0 Å². The van der Waals surface area contributed by atoms with Gasteiger partial charge >= 0.3 is 6.09 Å². The quantitative estimate of drug-likeness (QED) is 0.692. The fourth-order valence-electron chi connectivity index (χ4n) is 2.52. The molecule has 0 aromatic heterocycles. The molecule has 2 rings (SSSR count). The Morgan fingerprint density at radius 3 is 2.54 bits per heavy atom. The van der Waals surface area contributed by atoms with Crippen LogP contribution in [-0.2, 0) is 17.8 Å². The summed E-state index contributed by atoms with van der Waals surface area (Å²) in [6.45, 7) is 5.96. The summed E-state index contributed by atoms with van der Waals surface area (Å²) in [5, 5.41) is 2.56. The number of amides is 1. The fraction of sp³-hybridized carbons (Fsp3) is 0.350. The maximum atomic E-state index is 13.0. The molecule has 2 aromatic carbocycles.